The summed E-state index contributed by atoms with van der Waals surface area (Å²) in [5.74, 6) is -4.73. The molecule has 0 spiro atoms. The van der Waals surface area contributed by atoms with Crippen molar-refractivity contribution in [3.8, 4) is 0 Å². The molecule has 1 aliphatic rings. The Bertz CT molecular complexity index is 1140. The number of carbonyl (C=O) groups excluding carboxylic acids is 4. The standard InChI is InChI=1S/C16H22ClN4O11PS2.Na.H/c1-4-31-33(26,32-5-2)12(8-7-34-16(18-8)19-9(22)6-17)13(23)20-10-11(15(25)30-3)21(14(10)24)35(27,28)29;;/h7,10-12H,4-6H2,1-3H3,(H,20,23)(H,18,19,22)(H,27,28,29);;. The summed E-state index contributed by atoms with van der Waals surface area (Å²) in [6.07, 6.45) is 0. The van der Waals surface area contributed by atoms with Crippen molar-refractivity contribution in [2.24, 2.45) is 0 Å². The number of rotatable bonds is 12. The third-order valence-corrected chi connectivity index (χ3v) is 8.68. The van der Waals surface area contributed by atoms with Gasteiger partial charge in [0.25, 0.3) is 5.91 Å². The first-order chi connectivity index (χ1) is 16.3. The topological polar surface area (TPSA) is 208 Å². The van der Waals surface area contributed by atoms with Gasteiger partial charge in [-0.1, -0.05) is 0 Å². The van der Waals surface area contributed by atoms with Gasteiger partial charge < -0.3 is 24.4 Å². The zero-order valence-electron chi connectivity index (χ0n) is 18.5. The second kappa shape index (κ2) is 13.6. The van der Waals surface area contributed by atoms with E-state index >= 15 is 0 Å². The molecule has 3 N–H and O–H groups in total. The van der Waals surface area contributed by atoms with Gasteiger partial charge in [0.05, 0.1) is 26.0 Å². The Hall–Kier alpha value is -1.14. The molecule has 3 unspecified atom stereocenters. The molecule has 0 aromatic carbocycles. The molecular weight excluding hydrogens is 578 g/mol. The van der Waals surface area contributed by atoms with Gasteiger partial charge in [0.1, 0.15) is 11.9 Å². The number of anilines is 1. The summed E-state index contributed by atoms with van der Waals surface area (Å²) >= 11 is 6.31. The van der Waals surface area contributed by atoms with E-state index < -0.39 is 59.3 Å². The molecule has 20 heteroatoms. The number of esters is 1. The zero-order valence-corrected chi connectivity index (χ0v) is 21.8. The molecule has 3 amide bonds. The molecular formula is C16H23ClN4NaO11PS2. The number of β-lactam (4-membered cyclic amide) rings is 1. The van der Waals surface area contributed by atoms with Crippen molar-refractivity contribution < 1.29 is 50.5 Å². The van der Waals surface area contributed by atoms with Crippen LogP contribution in [0.5, 0.6) is 0 Å². The van der Waals surface area contributed by atoms with Crippen LogP contribution in [0.1, 0.15) is 25.2 Å². The number of amides is 3. The van der Waals surface area contributed by atoms with Crippen LogP contribution < -0.4 is 10.6 Å². The summed E-state index contributed by atoms with van der Waals surface area (Å²) in [5.41, 5.74) is -1.96. The Labute approximate surface area is 237 Å². The first-order valence-electron chi connectivity index (χ1n) is 9.73. The zero-order chi connectivity index (χ0) is 26.6. The van der Waals surface area contributed by atoms with Gasteiger partial charge in [-0.25, -0.2) is 9.78 Å². The van der Waals surface area contributed by atoms with Gasteiger partial charge in [-0.3, -0.25) is 23.5 Å². The molecule has 0 bridgehead atoms. The van der Waals surface area contributed by atoms with E-state index in [2.05, 4.69) is 20.4 Å². The monoisotopic (exact) mass is 600 g/mol. The Morgan fingerprint density at radius 1 is 1.31 bits per heavy atom. The van der Waals surface area contributed by atoms with Crippen LogP contribution in [0.25, 0.3) is 0 Å². The minimum atomic E-state index is -5.15. The van der Waals surface area contributed by atoms with Crippen molar-refractivity contribution >= 4 is 99.2 Å². The third-order valence-electron chi connectivity index (χ3n) is 4.39. The molecule has 1 aromatic rings. The summed E-state index contributed by atoms with van der Waals surface area (Å²) in [4.78, 5) is 53.3. The van der Waals surface area contributed by atoms with Gasteiger partial charge in [0.15, 0.2) is 16.8 Å². The van der Waals surface area contributed by atoms with Gasteiger partial charge in [-0.05, 0) is 13.8 Å². The molecule has 2 heterocycles. The van der Waals surface area contributed by atoms with Gasteiger partial charge in [-0.15, -0.1) is 22.9 Å². The average molecular weight is 601 g/mol. The van der Waals surface area contributed by atoms with E-state index in [4.69, 9.17) is 20.6 Å². The van der Waals surface area contributed by atoms with Crippen LogP contribution in [0.3, 0.4) is 0 Å². The fraction of sp³-hybridized carbons (Fsp3) is 0.562. The SMILES string of the molecule is CCOP(=O)(OCC)C(C(=O)NC1C(=O)N(S(=O)(=O)O)C1C(=O)OC)c1csc(NC(=O)CCl)n1.[NaH]. The third kappa shape index (κ3) is 7.24. The summed E-state index contributed by atoms with van der Waals surface area (Å²) < 4.78 is 60.6. The molecule has 0 radical (unpaired) electrons. The number of nitrogens with zero attached hydrogens (tertiary/aromatic N) is 2. The Balaban J connectivity index is 0.00000648. The maximum absolute atomic E-state index is 13.5. The van der Waals surface area contributed by atoms with Crippen molar-refractivity contribution in [1.82, 2.24) is 14.6 Å². The van der Waals surface area contributed by atoms with E-state index in [9.17, 15) is 36.7 Å². The van der Waals surface area contributed by atoms with Crippen molar-refractivity contribution in [1.29, 1.82) is 0 Å². The van der Waals surface area contributed by atoms with Crippen LogP contribution in [0.15, 0.2) is 5.38 Å². The number of hydrogen-bond donors (Lipinski definition) is 3. The van der Waals surface area contributed by atoms with Crippen molar-refractivity contribution in [2.45, 2.75) is 31.6 Å². The molecule has 0 saturated carbocycles. The van der Waals surface area contributed by atoms with Crippen LogP contribution in [0, 0.1) is 0 Å². The number of alkyl halides is 1. The second-order valence-corrected chi connectivity index (χ2v) is 11.1. The molecule has 3 atom stereocenters. The molecule has 2 rings (SSSR count). The van der Waals surface area contributed by atoms with Crippen LogP contribution >= 0.6 is 30.5 Å². The second-order valence-electron chi connectivity index (χ2n) is 6.60. The van der Waals surface area contributed by atoms with Crippen LogP contribution in [-0.2, 0) is 47.8 Å². The summed E-state index contributed by atoms with van der Waals surface area (Å²) in [7, 11) is -8.56. The quantitative estimate of drug-likeness (QED) is 0.0702. The number of carbonyl (C=O) groups is 4. The molecule has 1 aliphatic heterocycles. The molecule has 15 nitrogen and oxygen atoms in total. The Kier molecular flexibility index (Phi) is 12.4. The van der Waals surface area contributed by atoms with Crippen molar-refractivity contribution in [2.75, 3.05) is 31.5 Å². The fourth-order valence-corrected chi connectivity index (χ4v) is 6.72. The molecule has 1 fully saturated rings. The van der Waals surface area contributed by atoms with Crippen LogP contribution in [0.4, 0.5) is 5.13 Å². The normalized spacial score (nSPS) is 18.5. The van der Waals surface area contributed by atoms with E-state index in [1.165, 1.54) is 19.2 Å². The molecule has 36 heavy (non-hydrogen) atoms. The van der Waals surface area contributed by atoms with Crippen LogP contribution in [0.2, 0.25) is 0 Å². The maximum atomic E-state index is 13.5. The Morgan fingerprint density at radius 3 is 2.36 bits per heavy atom. The van der Waals surface area contributed by atoms with Gasteiger partial charge >= 0.3 is 53.4 Å². The first kappa shape index (κ1) is 32.9. The fourth-order valence-electron chi connectivity index (χ4n) is 3.05. The van der Waals surface area contributed by atoms with E-state index in [-0.39, 0.29) is 63.8 Å². The predicted molar refractivity (Wildman–Crippen MR) is 128 cm³/mol. The van der Waals surface area contributed by atoms with Crippen molar-refractivity contribution in [3.05, 3.63) is 11.1 Å². The first-order valence-corrected chi connectivity index (χ1v) is 14.2. The van der Waals surface area contributed by atoms with E-state index in [1.807, 2.05) is 0 Å². The number of thiazole rings is 1. The molecule has 0 aliphatic carbocycles. The number of methoxy groups -OCH3 is 1. The number of hydrogen-bond acceptors (Lipinski definition) is 12. The average Bonchev–Trinajstić information content (AvgIpc) is 3.21. The predicted octanol–water partition coefficient (Wildman–Crippen LogP) is -0.349. The van der Waals surface area contributed by atoms with Gasteiger partial charge in [0.2, 0.25) is 11.8 Å². The molecule has 1 aromatic heterocycles. The Morgan fingerprint density at radius 2 is 1.89 bits per heavy atom. The number of halogens is 1. The number of aromatic nitrogens is 1. The van der Waals surface area contributed by atoms with Crippen LogP contribution in [-0.4, -0.2) is 114 Å². The van der Waals surface area contributed by atoms with E-state index in [0.29, 0.717) is 0 Å². The van der Waals surface area contributed by atoms with E-state index in [0.717, 1.165) is 18.4 Å². The summed E-state index contributed by atoms with van der Waals surface area (Å²) in [6, 6.07) is -3.70. The number of ether oxygens (including phenoxy) is 1. The van der Waals surface area contributed by atoms with Gasteiger partial charge in [0, 0.05) is 5.38 Å². The molecule has 1 saturated heterocycles. The molecule has 198 valence electrons. The summed E-state index contributed by atoms with van der Waals surface area (Å²) in [6.45, 7) is 2.68. The van der Waals surface area contributed by atoms with Gasteiger partial charge in [-0.2, -0.15) is 12.7 Å². The number of nitrogens with one attached hydrogen (secondary N) is 2. The van der Waals surface area contributed by atoms with E-state index in [1.54, 1.807) is 0 Å². The minimum absolute atomic E-state index is 0. The van der Waals surface area contributed by atoms with Crippen molar-refractivity contribution in [3.63, 3.8) is 0 Å². The summed E-state index contributed by atoms with van der Waals surface area (Å²) in [5, 5.41) is 5.78.